The number of nitrogens with one attached hydrogen (secondary N) is 1. The summed E-state index contributed by atoms with van der Waals surface area (Å²) in [5.74, 6) is -0.775. The quantitative estimate of drug-likeness (QED) is 0.625. The van der Waals surface area contributed by atoms with E-state index in [0.29, 0.717) is 16.5 Å². The molecule has 0 bridgehead atoms. The van der Waals surface area contributed by atoms with Crippen LogP contribution < -0.4 is 5.32 Å². The summed E-state index contributed by atoms with van der Waals surface area (Å²) < 4.78 is 10.3. The minimum Gasteiger partial charge on any atom is -0.452 e. The molecule has 1 N–H and O–H groups in total. The lowest BCUT2D eigenvalue weighted by Crippen LogP contribution is -2.31. The number of nitrogens with zero attached hydrogens (tertiary/aromatic N) is 1. The third kappa shape index (κ3) is 4.40. The number of ether oxygens (including phenoxy) is 1. The fraction of sp³-hybridized carbons (Fsp3) is 0.190. The van der Waals surface area contributed by atoms with Crippen LogP contribution >= 0.6 is 11.6 Å². The third-order valence-electron chi connectivity index (χ3n) is 4.20. The molecule has 0 fully saturated rings. The maximum absolute atomic E-state index is 12.5. The van der Waals surface area contributed by atoms with Crippen molar-refractivity contribution in [3.63, 3.8) is 0 Å². The van der Waals surface area contributed by atoms with E-state index in [2.05, 4.69) is 10.5 Å². The molecule has 1 aromatic heterocycles. The highest BCUT2D eigenvalue weighted by Crippen LogP contribution is 2.26. The topological polar surface area (TPSA) is 81.4 Å². The molecular weight excluding hydrogens is 380 g/mol. The predicted molar refractivity (Wildman–Crippen MR) is 105 cm³/mol. The molecule has 1 heterocycles. The number of esters is 1. The Labute approximate surface area is 167 Å². The second-order valence-electron chi connectivity index (χ2n) is 6.22. The first-order valence-electron chi connectivity index (χ1n) is 8.70. The molecule has 3 aromatic rings. The Kier molecular flexibility index (Phi) is 6.11. The second kappa shape index (κ2) is 8.71. The second-order valence-corrected chi connectivity index (χ2v) is 6.62. The van der Waals surface area contributed by atoms with Crippen molar-refractivity contribution in [2.24, 2.45) is 0 Å². The van der Waals surface area contributed by atoms with Gasteiger partial charge in [-0.2, -0.15) is 0 Å². The molecule has 0 unspecified atom stereocenters. The lowest BCUT2D eigenvalue weighted by atomic mass is 10.1. The van der Waals surface area contributed by atoms with Crippen molar-refractivity contribution in [3.05, 3.63) is 76.5 Å². The average Bonchev–Trinajstić information content (AvgIpc) is 3.08. The number of hydrogen-bond donors (Lipinski definition) is 1. The Morgan fingerprint density at radius 3 is 2.54 bits per heavy atom. The summed E-state index contributed by atoms with van der Waals surface area (Å²) in [5.41, 5.74) is 2.10. The zero-order chi connectivity index (χ0) is 20.1. The maximum Gasteiger partial charge on any atom is 0.344 e. The van der Waals surface area contributed by atoms with Crippen molar-refractivity contribution in [3.8, 4) is 11.3 Å². The SMILES string of the molecule is Cc1onc(-c2ccccc2)c1C(=O)OCC(=O)N[C@H](C)c1ccccc1Cl. The van der Waals surface area contributed by atoms with Crippen LogP contribution in [0.2, 0.25) is 5.02 Å². The van der Waals surface area contributed by atoms with E-state index < -0.39 is 18.5 Å². The highest BCUT2D eigenvalue weighted by molar-refractivity contribution is 6.31. The zero-order valence-electron chi connectivity index (χ0n) is 15.4. The summed E-state index contributed by atoms with van der Waals surface area (Å²) in [4.78, 5) is 24.7. The fourth-order valence-electron chi connectivity index (χ4n) is 2.80. The molecule has 1 atom stereocenters. The Balaban J connectivity index is 1.64. The largest absolute Gasteiger partial charge is 0.452 e. The van der Waals surface area contributed by atoms with Crippen LogP contribution in [0.5, 0.6) is 0 Å². The summed E-state index contributed by atoms with van der Waals surface area (Å²) in [6.45, 7) is 3.00. The van der Waals surface area contributed by atoms with Crippen molar-refractivity contribution in [2.45, 2.75) is 19.9 Å². The van der Waals surface area contributed by atoms with Crippen LogP contribution in [-0.2, 0) is 9.53 Å². The number of halogens is 1. The number of benzene rings is 2. The molecule has 0 aliphatic heterocycles. The standard InChI is InChI=1S/C21H19ClN2O4/c1-13(16-10-6-7-11-17(16)22)23-18(25)12-27-21(26)19-14(2)28-24-20(19)15-8-4-3-5-9-15/h3-11,13H,12H2,1-2H3,(H,23,25)/t13-/m1/s1. The van der Waals surface area contributed by atoms with Gasteiger partial charge in [-0.1, -0.05) is 65.3 Å². The van der Waals surface area contributed by atoms with Crippen LogP contribution in [-0.4, -0.2) is 23.6 Å². The minimum atomic E-state index is -0.668. The van der Waals surface area contributed by atoms with Gasteiger partial charge in [-0.3, -0.25) is 4.79 Å². The van der Waals surface area contributed by atoms with Gasteiger partial charge in [0.2, 0.25) is 0 Å². The summed E-state index contributed by atoms with van der Waals surface area (Å²) >= 11 is 6.14. The molecule has 3 rings (SSSR count). The maximum atomic E-state index is 12.5. The van der Waals surface area contributed by atoms with Crippen LogP contribution in [0.3, 0.4) is 0 Å². The first-order valence-corrected chi connectivity index (χ1v) is 9.07. The average molecular weight is 399 g/mol. The van der Waals surface area contributed by atoms with E-state index in [1.165, 1.54) is 0 Å². The molecule has 0 aliphatic carbocycles. The number of carbonyl (C=O) groups is 2. The lowest BCUT2D eigenvalue weighted by molar-refractivity contribution is -0.124. The van der Waals surface area contributed by atoms with E-state index in [0.717, 1.165) is 11.1 Å². The third-order valence-corrected chi connectivity index (χ3v) is 4.54. The number of carbonyl (C=O) groups excluding carboxylic acids is 2. The van der Waals surface area contributed by atoms with E-state index in [-0.39, 0.29) is 11.6 Å². The monoisotopic (exact) mass is 398 g/mol. The number of aryl methyl sites for hydroxylation is 1. The summed E-state index contributed by atoms with van der Waals surface area (Å²) in [6.07, 6.45) is 0. The van der Waals surface area contributed by atoms with Crippen LogP contribution in [0, 0.1) is 6.92 Å². The van der Waals surface area contributed by atoms with E-state index in [9.17, 15) is 9.59 Å². The summed E-state index contributed by atoms with van der Waals surface area (Å²) in [5, 5.41) is 7.26. The number of aromatic nitrogens is 1. The van der Waals surface area contributed by atoms with Gasteiger partial charge in [0.15, 0.2) is 6.61 Å². The predicted octanol–water partition coefficient (Wildman–Crippen LogP) is 4.34. The van der Waals surface area contributed by atoms with Crippen molar-refractivity contribution < 1.29 is 18.8 Å². The van der Waals surface area contributed by atoms with Crippen LogP contribution in [0.4, 0.5) is 0 Å². The number of rotatable bonds is 6. The Morgan fingerprint density at radius 1 is 1.14 bits per heavy atom. The van der Waals surface area contributed by atoms with Gasteiger partial charge in [0.25, 0.3) is 5.91 Å². The molecule has 0 aliphatic rings. The van der Waals surface area contributed by atoms with Gasteiger partial charge >= 0.3 is 5.97 Å². The molecular formula is C21H19ClN2O4. The lowest BCUT2D eigenvalue weighted by Gasteiger charge is -2.15. The highest BCUT2D eigenvalue weighted by Gasteiger charge is 2.24. The van der Waals surface area contributed by atoms with Gasteiger partial charge in [-0.25, -0.2) is 4.79 Å². The highest BCUT2D eigenvalue weighted by atomic mass is 35.5. The Bertz CT molecular complexity index is 985. The van der Waals surface area contributed by atoms with Crippen molar-refractivity contribution in [1.29, 1.82) is 0 Å². The minimum absolute atomic E-state index is 0.207. The first-order chi connectivity index (χ1) is 13.5. The van der Waals surface area contributed by atoms with E-state index in [1.807, 2.05) is 48.5 Å². The van der Waals surface area contributed by atoms with Crippen molar-refractivity contribution in [2.75, 3.05) is 6.61 Å². The Morgan fingerprint density at radius 2 is 1.82 bits per heavy atom. The van der Waals surface area contributed by atoms with Crippen molar-refractivity contribution >= 4 is 23.5 Å². The molecule has 7 heteroatoms. The first kappa shape index (κ1) is 19.6. The fourth-order valence-corrected chi connectivity index (χ4v) is 3.10. The molecule has 2 aromatic carbocycles. The molecule has 0 spiro atoms. The Hall–Kier alpha value is -3.12. The smallest absolute Gasteiger partial charge is 0.344 e. The zero-order valence-corrected chi connectivity index (χ0v) is 16.2. The van der Waals surface area contributed by atoms with Crippen LogP contribution in [0.25, 0.3) is 11.3 Å². The number of hydrogen-bond acceptors (Lipinski definition) is 5. The molecule has 28 heavy (non-hydrogen) atoms. The number of amides is 1. The molecule has 0 saturated carbocycles. The van der Waals surface area contributed by atoms with Gasteiger partial charge in [-0.15, -0.1) is 0 Å². The van der Waals surface area contributed by atoms with Crippen LogP contribution in [0.1, 0.15) is 34.6 Å². The van der Waals surface area contributed by atoms with Gasteiger partial charge < -0.3 is 14.6 Å². The van der Waals surface area contributed by atoms with Gasteiger partial charge in [-0.05, 0) is 25.5 Å². The van der Waals surface area contributed by atoms with Crippen molar-refractivity contribution in [1.82, 2.24) is 10.5 Å². The van der Waals surface area contributed by atoms with E-state index in [1.54, 1.807) is 19.9 Å². The molecule has 0 saturated heterocycles. The molecule has 6 nitrogen and oxygen atoms in total. The summed E-state index contributed by atoms with van der Waals surface area (Å²) in [6, 6.07) is 16.0. The molecule has 1 amide bonds. The van der Waals surface area contributed by atoms with Gasteiger partial charge in [0.05, 0.1) is 6.04 Å². The van der Waals surface area contributed by atoms with Gasteiger partial charge in [0, 0.05) is 10.6 Å². The molecule has 0 radical (unpaired) electrons. The normalized spacial score (nSPS) is 11.7. The molecule has 144 valence electrons. The van der Waals surface area contributed by atoms with Gasteiger partial charge in [0.1, 0.15) is 17.0 Å². The summed E-state index contributed by atoms with van der Waals surface area (Å²) in [7, 11) is 0. The van der Waals surface area contributed by atoms with Crippen LogP contribution in [0.15, 0.2) is 59.1 Å². The van der Waals surface area contributed by atoms with E-state index in [4.69, 9.17) is 20.9 Å². The van der Waals surface area contributed by atoms with E-state index >= 15 is 0 Å².